The van der Waals surface area contributed by atoms with Crippen LogP contribution in [0, 0.1) is 0 Å². The molecule has 0 bridgehead atoms. The van der Waals surface area contributed by atoms with Crippen LogP contribution < -0.4 is 16.4 Å². The predicted molar refractivity (Wildman–Crippen MR) is 140 cm³/mol. The van der Waals surface area contributed by atoms with Crippen molar-refractivity contribution in [2.45, 2.75) is 45.3 Å². The van der Waals surface area contributed by atoms with E-state index >= 15 is 0 Å². The van der Waals surface area contributed by atoms with E-state index in [9.17, 15) is 9.59 Å². The van der Waals surface area contributed by atoms with Crippen LogP contribution in [-0.2, 0) is 4.74 Å². The molecule has 1 aromatic heterocycles. The number of rotatable bonds is 6. The monoisotopic (exact) mass is 488 g/mol. The first kappa shape index (κ1) is 25.0. The fraction of sp³-hybridized carbons (Fsp3) is 0.333. The van der Waals surface area contributed by atoms with E-state index in [0.29, 0.717) is 24.5 Å². The fourth-order valence-corrected chi connectivity index (χ4v) is 4.05. The van der Waals surface area contributed by atoms with Gasteiger partial charge in [0.05, 0.1) is 0 Å². The van der Waals surface area contributed by atoms with Gasteiger partial charge in [-0.2, -0.15) is 0 Å². The first-order valence-electron chi connectivity index (χ1n) is 12.0. The molecule has 2 heterocycles. The molecule has 0 spiro atoms. The molecule has 188 valence electrons. The van der Waals surface area contributed by atoms with E-state index in [0.717, 1.165) is 24.2 Å². The lowest BCUT2D eigenvalue weighted by Gasteiger charge is -2.34. The number of aromatic nitrogens is 2. The second-order valence-electron chi connectivity index (χ2n) is 9.79. The van der Waals surface area contributed by atoms with Gasteiger partial charge in [0.2, 0.25) is 0 Å². The lowest BCUT2D eigenvalue weighted by atomic mass is 10.0. The third kappa shape index (κ3) is 6.29. The van der Waals surface area contributed by atoms with Gasteiger partial charge >= 0.3 is 6.09 Å². The Morgan fingerprint density at radius 1 is 1.03 bits per heavy atom. The van der Waals surface area contributed by atoms with Gasteiger partial charge in [0.25, 0.3) is 0 Å². The van der Waals surface area contributed by atoms with Crippen LogP contribution in [0.2, 0.25) is 0 Å². The minimum absolute atomic E-state index is 0.101. The van der Waals surface area contributed by atoms with Crippen LogP contribution >= 0.6 is 0 Å². The highest BCUT2D eigenvalue weighted by Gasteiger charge is 2.29. The molecule has 3 aromatic rings. The van der Waals surface area contributed by atoms with E-state index in [1.54, 1.807) is 17.0 Å². The van der Waals surface area contributed by atoms with Crippen molar-refractivity contribution in [3.8, 4) is 0 Å². The van der Waals surface area contributed by atoms with Crippen LogP contribution in [0.15, 0.2) is 60.9 Å². The standard InChI is InChI=1S/C27H32N6O3/c1-27(2,3)36-26(35)33-15-7-10-21(16-33)32-25-22(24(28)29-17-30-25)23(34)18-11-13-20(14-12-18)31-19-8-5-4-6-9-19/h4-6,8-9,11-14,17,21,31H,7,10,15-16H2,1-3H3,(H3,28,29,30,32). The molecule has 1 atom stereocenters. The Hall–Kier alpha value is -4.14. The molecule has 9 nitrogen and oxygen atoms in total. The number of nitrogens with one attached hydrogen (secondary N) is 2. The number of nitrogens with two attached hydrogens (primary N) is 1. The number of piperidine rings is 1. The normalized spacial score (nSPS) is 15.8. The molecule has 1 fully saturated rings. The maximum atomic E-state index is 13.4. The number of ketones is 1. The lowest BCUT2D eigenvalue weighted by molar-refractivity contribution is 0.0206. The SMILES string of the molecule is CC(C)(C)OC(=O)N1CCCC(Nc2ncnc(N)c2C(=O)c2ccc(Nc3ccccc3)cc2)C1. The molecule has 2 aromatic carbocycles. The van der Waals surface area contributed by atoms with Gasteiger partial charge in [-0.25, -0.2) is 14.8 Å². The number of nitrogens with zero attached hydrogens (tertiary/aromatic N) is 3. The Labute approximate surface area is 211 Å². The third-order valence-electron chi connectivity index (χ3n) is 5.73. The van der Waals surface area contributed by atoms with Crippen LogP contribution in [0.5, 0.6) is 0 Å². The Balaban J connectivity index is 1.48. The first-order chi connectivity index (χ1) is 17.2. The molecular weight excluding hydrogens is 456 g/mol. The smallest absolute Gasteiger partial charge is 0.410 e. The summed E-state index contributed by atoms with van der Waals surface area (Å²) in [5, 5.41) is 6.62. The highest BCUT2D eigenvalue weighted by Crippen LogP contribution is 2.26. The molecule has 0 radical (unpaired) electrons. The van der Waals surface area contributed by atoms with E-state index in [2.05, 4.69) is 20.6 Å². The molecule has 1 aliphatic heterocycles. The summed E-state index contributed by atoms with van der Waals surface area (Å²) in [7, 11) is 0. The first-order valence-corrected chi connectivity index (χ1v) is 12.0. The zero-order chi connectivity index (χ0) is 25.7. The van der Waals surface area contributed by atoms with Crippen molar-refractivity contribution in [1.29, 1.82) is 0 Å². The second-order valence-corrected chi connectivity index (χ2v) is 9.79. The molecule has 36 heavy (non-hydrogen) atoms. The average molecular weight is 489 g/mol. The largest absolute Gasteiger partial charge is 0.444 e. The molecule has 1 amide bonds. The number of carbonyl (C=O) groups excluding carboxylic acids is 2. The fourth-order valence-electron chi connectivity index (χ4n) is 4.05. The molecule has 1 aliphatic rings. The van der Waals surface area contributed by atoms with Crippen LogP contribution in [0.25, 0.3) is 0 Å². The van der Waals surface area contributed by atoms with Gasteiger partial charge in [-0.1, -0.05) is 18.2 Å². The van der Waals surface area contributed by atoms with E-state index in [-0.39, 0.29) is 29.3 Å². The number of benzene rings is 2. The van der Waals surface area contributed by atoms with Gasteiger partial charge < -0.3 is 26.0 Å². The summed E-state index contributed by atoms with van der Waals surface area (Å²) in [6.45, 7) is 6.59. The van der Waals surface area contributed by atoms with Crippen LogP contribution in [0.3, 0.4) is 0 Å². The molecule has 4 rings (SSSR count). The molecule has 4 N–H and O–H groups in total. The Kier molecular flexibility index (Phi) is 7.38. The summed E-state index contributed by atoms with van der Waals surface area (Å²) in [6.07, 6.45) is 2.60. The minimum Gasteiger partial charge on any atom is -0.444 e. The average Bonchev–Trinajstić information content (AvgIpc) is 2.84. The summed E-state index contributed by atoms with van der Waals surface area (Å²) in [5.74, 6) is 0.181. The Bertz CT molecular complexity index is 1210. The van der Waals surface area contributed by atoms with Gasteiger partial charge in [0.1, 0.15) is 29.1 Å². The number of ether oxygens (including phenoxy) is 1. The van der Waals surface area contributed by atoms with Crippen molar-refractivity contribution < 1.29 is 14.3 Å². The van der Waals surface area contributed by atoms with Crippen molar-refractivity contribution in [3.05, 3.63) is 72.1 Å². The minimum atomic E-state index is -0.565. The van der Waals surface area contributed by atoms with Gasteiger partial charge in [-0.15, -0.1) is 0 Å². The summed E-state index contributed by atoms with van der Waals surface area (Å²) in [4.78, 5) is 36.0. The highest BCUT2D eigenvalue weighted by atomic mass is 16.6. The number of hydrogen-bond donors (Lipinski definition) is 3. The van der Waals surface area contributed by atoms with Gasteiger partial charge in [-0.05, 0) is 70.0 Å². The number of likely N-dealkylation sites (tertiary alicyclic amines) is 1. The molecule has 0 saturated carbocycles. The maximum absolute atomic E-state index is 13.4. The molecule has 0 aliphatic carbocycles. The summed E-state index contributed by atoms with van der Waals surface area (Å²) < 4.78 is 5.52. The van der Waals surface area contributed by atoms with E-state index in [4.69, 9.17) is 10.5 Å². The number of anilines is 4. The zero-order valence-corrected chi connectivity index (χ0v) is 20.8. The van der Waals surface area contributed by atoms with E-state index < -0.39 is 5.60 Å². The van der Waals surface area contributed by atoms with Crippen LogP contribution in [0.4, 0.5) is 27.8 Å². The van der Waals surface area contributed by atoms with Gasteiger partial charge in [0, 0.05) is 36.1 Å². The Morgan fingerprint density at radius 2 is 1.72 bits per heavy atom. The molecule has 9 heteroatoms. The number of para-hydroxylation sites is 1. The van der Waals surface area contributed by atoms with Crippen LogP contribution in [0.1, 0.15) is 49.5 Å². The number of hydrogen-bond acceptors (Lipinski definition) is 8. The maximum Gasteiger partial charge on any atom is 0.410 e. The van der Waals surface area contributed by atoms with Gasteiger partial charge in [0.15, 0.2) is 5.78 Å². The van der Waals surface area contributed by atoms with Crippen molar-refractivity contribution in [3.63, 3.8) is 0 Å². The summed E-state index contributed by atoms with van der Waals surface area (Å²) in [6, 6.07) is 16.8. The zero-order valence-electron chi connectivity index (χ0n) is 20.8. The topological polar surface area (TPSA) is 122 Å². The molecule has 1 unspecified atom stereocenters. The highest BCUT2D eigenvalue weighted by molar-refractivity contribution is 6.14. The van der Waals surface area contributed by atoms with Crippen molar-refractivity contribution in [1.82, 2.24) is 14.9 Å². The van der Waals surface area contributed by atoms with Crippen LogP contribution in [-0.4, -0.2) is 51.5 Å². The Morgan fingerprint density at radius 3 is 2.42 bits per heavy atom. The second kappa shape index (κ2) is 10.6. The lowest BCUT2D eigenvalue weighted by Crippen LogP contribution is -2.47. The third-order valence-corrected chi connectivity index (χ3v) is 5.73. The van der Waals surface area contributed by atoms with Crippen molar-refractivity contribution in [2.75, 3.05) is 29.5 Å². The van der Waals surface area contributed by atoms with E-state index in [1.807, 2.05) is 63.2 Å². The summed E-state index contributed by atoms with van der Waals surface area (Å²) >= 11 is 0. The van der Waals surface area contributed by atoms with Crippen molar-refractivity contribution >= 4 is 34.9 Å². The van der Waals surface area contributed by atoms with Crippen molar-refractivity contribution in [2.24, 2.45) is 0 Å². The molecule has 1 saturated heterocycles. The van der Waals surface area contributed by atoms with E-state index in [1.165, 1.54) is 6.33 Å². The number of amides is 1. The molecular formula is C27H32N6O3. The number of nitrogen functional groups attached to an aromatic ring is 1. The predicted octanol–water partition coefficient (Wildman–Crippen LogP) is 4.84. The summed E-state index contributed by atoms with van der Waals surface area (Å²) in [5.41, 5.74) is 8.07. The number of carbonyl (C=O) groups is 2. The van der Waals surface area contributed by atoms with Gasteiger partial charge in [-0.3, -0.25) is 4.79 Å². The quantitative estimate of drug-likeness (QED) is 0.421.